The lowest BCUT2D eigenvalue weighted by Crippen LogP contribution is -2.48. The Morgan fingerprint density at radius 2 is 1.55 bits per heavy atom. The molecule has 0 bridgehead atoms. The van der Waals surface area contributed by atoms with Crippen molar-refractivity contribution in [3.8, 4) is 0 Å². The van der Waals surface area contributed by atoms with Crippen molar-refractivity contribution in [3.63, 3.8) is 0 Å². The minimum Gasteiger partial charge on any atom is -0.471 e. The summed E-state index contributed by atoms with van der Waals surface area (Å²) >= 11 is 0. The molecule has 1 aliphatic rings. The molecule has 0 saturated carbocycles. The van der Waals surface area contributed by atoms with Gasteiger partial charge in [0.25, 0.3) is 6.47 Å². The third-order valence-corrected chi connectivity index (χ3v) is 7.30. The molecule has 0 aliphatic carbocycles. The molecule has 0 radical (unpaired) electrons. The Kier molecular flexibility index (Phi) is 18.4. The fourth-order valence-corrected chi connectivity index (χ4v) is 4.92. The summed E-state index contributed by atoms with van der Waals surface area (Å²) in [6.45, 7) is 20.5. The topological polar surface area (TPSA) is 96.0 Å². The van der Waals surface area contributed by atoms with Crippen LogP contribution in [0.3, 0.4) is 0 Å². The fourth-order valence-electron chi connectivity index (χ4n) is 4.92. The van der Waals surface area contributed by atoms with E-state index < -0.39 is 0 Å². The lowest BCUT2D eigenvalue weighted by Gasteiger charge is -2.34. The SMILES string of the molecule is CC(C)C.CC[C@H](C(=O)NCC(=O)N(C)[C@H](/C=C(\C)C(=O)N1CCCC1)C(C)C)C(C)(C)c1ccccc1.COC=O. The van der Waals surface area contributed by atoms with Crippen LogP contribution in [-0.4, -0.2) is 73.8 Å². The Bertz CT molecular complexity index is 979. The van der Waals surface area contributed by atoms with E-state index in [2.05, 4.69) is 44.7 Å². The number of likely N-dealkylation sites (tertiary alicyclic amines) is 1. The average Bonchev–Trinajstić information content (AvgIpc) is 3.49. The highest BCUT2D eigenvalue weighted by Crippen LogP contribution is 2.33. The zero-order chi connectivity index (χ0) is 32.5. The third kappa shape index (κ3) is 13.2. The normalized spacial score (nSPS) is 14.6. The third-order valence-electron chi connectivity index (χ3n) is 7.30. The minimum atomic E-state index is -0.356. The molecule has 0 spiro atoms. The van der Waals surface area contributed by atoms with Crippen LogP contribution in [0.1, 0.15) is 87.1 Å². The molecule has 1 aliphatic heterocycles. The number of ether oxygens (including phenoxy) is 1. The van der Waals surface area contributed by atoms with Crippen molar-refractivity contribution in [2.75, 3.05) is 33.8 Å². The fraction of sp³-hybridized carbons (Fsp3) is 0.647. The zero-order valence-corrected chi connectivity index (χ0v) is 28.0. The second-order valence-electron chi connectivity index (χ2n) is 12.4. The van der Waals surface area contributed by atoms with Gasteiger partial charge in [-0.3, -0.25) is 19.2 Å². The lowest BCUT2D eigenvalue weighted by atomic mass is 9.71. The highest BCUT2D eigenvalue weighted by molar-refractivity contribution is 5.93. The summed E-state index contributed by atoms with van der Waals surface area (Å²) in [5.41, 5.74) is 1.41. The standard InChI is InChI=1S/C28H43N3O3.C4H10.C2H4O2/c1-8-23(28(5,6)22-14-10-9-11-15-22)26(33)29-19-25(32)30(7)24(20(2)3)18-21(4)27(34)31-16-12-13-17-31;1-4(2)3;1-4-2-3/h9-11,14-15,18,20,23-24H,8,12-13,16-17,19H2,1-7H3,(H,29,33);4H,1-3H3;2H,1H3/b21-18+;;/t23-,24-;;/m1../s1. The molecular weight excluding hydrogens is 530 g/mol. The first-order valence-corrected chi connectivity index (χ1v) is 15.2. The molecule has 1 saturated heterocycles. The summed E-state index contributed by atoms with van der Waals surface area (Å²) in [6, 6.07) is 9.79. The quantitative estimate of drug-likeness (QED) is 0.268. The number of nitrogens with zero attached hydrogens (tertiary/aromatic N) is 2. The molecule has 2 atom stereocenters. The number of likely N-dealkylation sites (N-methyl/N-ethyl adjacent to an activating group) is 1. The molecule has 8 nitrogen and oxygen atoms in total. The van der Waals surface area contributed by atoms with E-state index in [9.17, 15) is 14.4 Å². The zero-order valence-electron chi connectivity index (χ0n) is 28.0. The van der Waals surface area contributed by atoms with Gasteiger partial charge in [0.15, 0.2) is 0 Å². The lowest BCUT2D eigenvalue weighted by molar-refractivity contribution is -0.135. The first-order chi connectivity index (χ1) is 19.6. The average molecular weight is 588 g/mol. The Morgan fingerprint density at radius 1 is 1.05 bits per heavy atom. The number of benzene rings is 1. The number of carbonyl (C=O) groups excluding carboxylic acids is 4. The Hall–Kier alpha value is -3.16. The second-order valence-corrected chi connectivity index (χ2v) is 12.4. The molecule has 1 N–H and O–H groups in total. The van der Waals surface area contributed by atoms with Gasteiger partial charge in [0.2, 0.25) is 17.7 Å². The molecule has 0 aromatic heterocycles. The highest BCUT2D eigenvalue weighted by Gasteiger charge is 2.35. The van der Waals surface area contributed by atoms with E-state index in [-0.39, 0.29) is 47.6 Å². The predicted octanol–water partition coefficient (Wildman–Crippen LogP) is 5.61. The van der Waals surface area contributed by atoms with Crippen LogP contribution in [0.25, 0.3) is 0 Å². The summed E-state index contributed by atoms with van der Waals surface area (Å²) < 4.78 is 3.86. The van der Waals surface area contributed by atoms with Crippen LogP contribution in [0.15, 0.2) is 42.0 Å². The van der Waals surface area contributed by atoms with Crippen molar-refractivity contribution in [2.45, 2.75) is 93.0 Å². The number of methoxy groups -OCH3 is 1. The molecule has 1 aromatic carbocycles. The van der Waals surface area contributed by atoms with Gasteiger partial charge in [-0.15, -0.1) is 0 Å². The van der Waals surface area contributed by atoms with Crippen LogP contribution in [0, 0.1) is 17.8 Å². The number of hydrogen-bond acceptors (Lipinski definition) is 5. The van der Waals surface area contributed by atoms with Crippen LogP contribution < -0.4 is 5.32 Å². The van der Waals surface area contributed by atoms with E-state index in [1.54, 1.807) is 11.9 Å². The van der Waals surface area contributed by atoms with Crippen molar-refractivity contribution in [2.24, 2.45) is 17.8 Å². The Morgan fingerprint density at radius 3 is 1.98 bits per heavy atom. The van der Waals surface area contributed by atoms with Gasteiger partial charge in [0.05, 0.1) is 19.7 Å². The van der Waals surface area contributed by atoms with Gasteiger partial charge in [0.1, 0.15) is 0 Å². The van der Waals surface area contributed by atoms with Gasteiger partial charge in [-0.25, -0.2) is 0 Å². The second kappa shape index (κ2) is 19.9. The molecule has 3 amide bonds. The van der Waals surface area contributed by atoms with Gasteiger partial charge in [-0.05, 0) is 43.6 Å². The molecule has 42 heavy (non-hydrogen) atoms. The molecule has 8 heteroatoms. The maximum atomic E-state index is 13.1. The summed E-state index contributed by atoms with van der Waals surface area (Å²) in [7, 11) is 3.06. The summed E-state index contributed by atoms with van der Waals surface area (Å²) in [5.74, 6) is 0.471. The summed E-state index contributed by atoms with van der Waals surface area (Å²) in [4.78, 5) is 51.3. The molecule has 2 rings (SSSR count). The van der Waals surface area contributed by atoms with E-state index in [1.165, 1.54) is 7.11 Å². The molecule has 1 heterocycles. The van der Waals surface area contributed by atoms with Crippen LogP contribution in [0.2, 0.25) is 0 Å². The van der Waals surface area contributed by atoms with E-state index in [0.717, 1.165) is 37.4 Å². The van der Waals surface area contributed by atoms with Crippen LogP contribution in [0.4, 0.5) is 0 Å². The number of carbonyl (C=O) groups is 4. The van der Waals surface area contributed by atoms with Crippen molar-refractivity contribution in [3.05, 3.63) is 47.5 Å². The van der Waals surface area contributed by atoms with E-state index >= 15 is 0 Å². The van der Waals surface area contributed by atoms with Gasteiger partial charge < -0.3 is 19.9 Å². The summed E-state index contributed by atoms with van der Waals surface area (Å²) in [5, 5.41) is 2.88. The Labute approximate surface area is 255 Å². The first-order valence-electron chi connectivity index (χ1n) is 15.2. The predicted molar refractivity (Wildman–Crippen MR) is 171 cm³/mol. The molecular formula is C34H57N3O5. The van der Waals surface area contributed by atoms with Gasteiger partial charge in [0, 0.05) is 37.0 Å². The maximum absolute atomic E-state index is 13.1. The van der Waals surface area contributed by atoms with Crippen LogP contribution >= 0.6 is 0 Å². The minimum absolute atomic E-state index is 0.0474. The largest absolute Gasteiger partial charge is 0.471 e. The number of nitrogens with one attached hydrogen (secondary N) is 1. The number of amides is 3. The molecule has 0 unspecified atom stereocenters. The Balaban J connectivity index is 0.00000186. The monoisotopic (exact) mass is 587 g/mol. The highest BCUT2D eigenvalue weighted by atomic mass is 16.5. The van der Waals surface area contributed by atoms with Crippen molar-refractivity contribution >= 4 is 24.2 Å². The molecule has 238 valence electrons. The van der Waals surface area contributed by atoms with E-state index in [4.69, 9.17) is 4.79 Å². The van der Waals surface area contributed by atoms with Gasteiger partial charge >= 0.3 is 0 Å². The van der Waals surface area contributed by atoms with Crippen LogP contribution in [-0.2, 0) is 29.3 Å². The maximum Gasteiger partial charge on any atom is 0.292 e. The summed E-state index contributed by atoms with van der Waals surface area (Å²) in [6.07, 6.45) is 4.67. The van der Waals surface area contributed by atoms with Crippen molar-refractivity contribution in [1.29, 1.82) is 0 Å². The first kappa shape index (κ1) is 38.8. The van der Waals surface area contributed by atoms with Gasteiger partial charge in [-0.2, -0.15) is 0 Å². The molecule has 1 fully saturated rings. The molecule has 1 aromatic rings. The smallest absolute Gasteiger partial charge is 0.292 e. The number of hydrogen-bond donors (Lipinski definition) is 1. The number of rotatable bonds is 11. The van der Waals surface area contributed by atoms with Crippen molar-refractivity contribution in [1.82, 2.24) is 15.1 Å². The van der Waals surface area contributed by atoms with Crippen molar-refractivity contribution < 1.29 is 23.9 Å². The van der Waals surface area contributed by atoms with E-state index in [0.29, 0.717) is 18.5 Å². The van der Waals surface area contributed by atoms with E-state index in [1.807, 2.05) is 69.0 Å². The van der Waals surface area contributed by atoms with Crippen LogP contribution in [0.5, 0.6) is 0 Å². The van der Waals surface area contributed by atoms with Gasteiger partial charge in [-0.1, -0.05) is 91.8 Å².